The summed E-state index contributed by atoms with van der Waals surface area (Å²) in [6.45, 7) is 6.15. The van der Waals surface area contributed by atoms with Crippen molar-refractivity contribution in [1.82, 2.24) is 9.55 Å². The third-order valence-electron chi connectivity index (χ3n) is 6.48. The van der Waals surface area contributed by atoms with Crippen LogP contribution in [0.2, 0.25) is 5.02 Å². The van der Waals surface area contributed by atoms with Crippen LogP contribution in [0.3, 0.4) is 0 Å². The molecule has 4 aromatic rings. The lowest BCUT2D eigenvalue weighted by molar-refractivity contribution is -0.117. The molecule has 0 spiro atoms. The van der Waals surface area contributed by atoms with Crippen molar-refractivity contribution in [2.75, 3.05) is 18.1 Å². The number of aromatic nitrogens is 2. The lowest BCUT2D eigenvalue weighted by Crippen LogP contribution is -2.24. The number of aryl methyl sites for hydroxylation is 3. The van der Waals surface area contributed by atoms with Crippen molar-refractivity contribution < 1.29 is 9.53 Å². The molecule has 6 heteroatoms. The van der Waals surface area contributed by atoms with E-state index in [0.717, 1.165) is 52.4 Å². The zero-order valence-corrected chi connectivity index (χ0v) is 20.3. The molecule has 5 nitrogen and oxygen atoms in total. The molecule has 1 fully saturated rings. The molecule has 3 aromatic carbocycles. The maximum absolute atomic E-state index is 12.9. The number of nitrogens with zero attached hydrogens (tertiary/aromatic N) is 3. The smallest absolute Gasteiger partial charge is 0.227 e. The molecule has 0 aliphatic carbocycles. The Kier molecular flexibility index (Phi) is 6.29. The summed E-state index contributed by atoms with van der Waals surface area (Å²) < 4.78 is 8.40. The molecule has 1 aliphatic rings. The van der Waals surface area contributed by atoms with Gasteiger partial charge in [-0.05, 0) is 61.7 Å². The molecule has 174 valence electrons. The Balaban J connectivity index is 1.36. The number of benzene rings is 3. The van der Waals surface area contributed by atoms with Crippen molar-refractivity contribution in [2.24, 2.45) is 0 Å². The summed E-state index contributed by atoms with van der Waals surface area (Å²) in [7, 11) is 0. The number of carbonyl (C=O) groups is 1. The molecule has 34 heavy (non-hydrogen) atoms. The van der Waals surface area contributed by atoms with E-state index in [2.05, 4.69) is 42.7 Å². The SMILES string of the molecule is Cc1cccc(C)c1OCCCn1c(C2CC(=O)N(c3cccc(Cl)c3)C2)nc2ccccc21. The Morgan fingerprint density at radius 2 is 1.79 bits per heavy atom. The maximum Gasteiger partial charge on any atom is 0.227 e. The van der Waals surface area contributed by atoms with Crippen molar-refractivity contribution in [3.63, 3.8) is 0 Å². The standard InChI is InChI=1S/C28H28ClN3O2/c1-19-8-5-9-20(2)27(19)34-15-7-14-31-25-13-4-3-12-24(25)30-28(31)21-16-26(33)32(18-21)23-11-6-10-22(29)17-23/h3-6,8-13,17,21H,7,14-16,18H2,1-2H3. The van der Waals surface area contributed by atoms with Gasteiger partial charge in [-0.2, -0.15) is 0 Å². The third-order valence-corrected chi connectivity index (χ3v) is 6.71. The van der Waals surface area contributed by atoms with E-state index >= 15 is 0 Å². The number of hydrogen-bond acceptors (Lipinski definition) is 3. The van der Waals surface area contributed by atoms with Crippen LogP contribution >= 0.6 is 11.6 Å². The summed E-state index contributed by atoms with van der Waals surface area (Å²) in [5.74, 6) is 2.06. The Morgan fingerprint density at radius 3 is 2.59 bits per heavy atom. The normalized spacial score (nSPS) is 15.9. The first-order chi connectivity index (χ1) is 16.5. The lowest BCUT2D eigenvalue weighted by Gasteiger charge is -2.18. The van der Waals surface area contributed by atoms with E-state index in [9.17, 15) is 4.79 Å². The fourth-order valence-electron chi connectivity index (χ4n) is 4.84. The highest BCUT2D eigenvalue weighted by atomic mass is 35.5. The fourth-order valence-corrected chi connectivity index (χ4v) is 5.02. The van der Waals surface area contributed by atoms with Crippen LogP contribution in [0, 0.1) is 13.8 Å². The van der Waals surface area contributed by atoms with E-state index in [1.54, 1.807) is 0 Å². The van der Waals surface area contributed by atoms with Crippen molar-refractivity contribution >= 4 is 34.2 Å². The summed E-state index contributed by atoms with van der Waals surface area (Å²) in [6, 6.07) is 21.9. The summed E-state index contributed by atoms with van der Waals surface area (Å²) in [6.07, 6.45) is 1.29. The number of amides is 1. The molecule has 1 aliphatic heterocycles. The van der Waals surface area contributed by atoms with Crippen molar-refractivity contribution in [1.29, 1.82) is 0 Å². The third kappa shape index (κ3) is 4.40. The zero-order valence-electron chi connectivity index (χ0n) is 19.5. The minimum atomic E-state index is 0.0263. The molecule has 5 rings (SSSR count). The summed E-state index contributed by atoms with van der Waals surface area (Å²) in [5, 5.41) is 0.630. The maximum atomic E-state index is 12.9. The van der Waals surface area contributed by atoms with Gasteiger partial charge in [0.2, 0.25) is 5.91 Å². The number of para-hydroxylation sites is 3. The molecule has 0 radical (unpaired) electrons. The Labute approximate surface area is 204 Å². The Hall–Kier alpha value is -3.31. The van der Waals surface area contributed by atoms with Gasteiger partial charge in [0.05, 0.1) is 17.6 Å². The van der Waals surface area contributed by atoms with E-state index in [0.29, 0.717) is 24.6 Å². The first-order valence-corrected chi connectivity index (χ1v) is 12.1. The molecule has 1 aromatic heterocycles. The molecular formula is C28H28ClN3O2. The first-order valence-electron chi connectivity index (χ1n) is 11.7. The second-order valence-corrected chi connectivity index (χ2v) is 9.36. The van der Waals surface area contributed by atoms with Gasteiger partial charge in [0.15, 0.2) is 0 Å². The number of halogens is 1. The van der Waals surface area contributed by atoms with Gasteiger partial charge >= 0.3 is 0 Å². The van der Waals surface area contributed by atoms with Crippen LogP contribution in [0.25, 0.3) is 11.0 Å². The minimum Gasteiger partial charge on any atom is -0.493 e. The molecule has 0 bridgehead atoms. The van der Waals surface area contributed by atoms with Gasteiger partial charge in [0.25, 0.3) is 0 Å². The van der Waals surface area contributed by atoms with Gasteiger partial charge in [0.1, 0.15) is 11.6 Å². The van der Waals surface area contributed by atoms with Crippen molar-refractivity contribution in [3.05, 3.63) is 88.7 Å². The number of fused-ring (bicyclic) bond motifs is 1. The van der Waals surface area contributed by atoms with Gasteiger partial charge in [-0.15, -0.1) is 0 Å². The topological polar surface area (TPSA) is 47.4 Å². The van der Waals surface area contributed by atoms with Gasteiger partial charge < -0.3 is 14.2 Å². The van der Waals surface area contributed by atoms with E-state index in [4.69, 9.17) is 21.3 Å². The van der Waals surface area contributed by atoms with Crippen LogP contribution in [0.5, 0.6) is 5.75 Å². The van der Waals surface area contributed by atoms with Crippen molar-refractivity contribution in [3.8, 4) is 5.75 Å². The largest absolute Gasteiger partial charge is 0.493 e. The van der Waals surface area contributed by atoms with Gasteiger partial charge in [-0.3, -0.25) is 4.79 Å². The Bertz CT molecular complexity index is 1330. The summed E-state index contributed by atoms with van der Waals surface area (Å²) in [5.41, 5.74) is 5.20. The summed E-state index contributed by atoms with van der Waals surface area (Å²) >= 11 is 6.17. The number of rotatable bonds is 7. The van der Waals surface area contributed by atoms with Gasteiger partial charge in [0, 0.05) is 36.1 Å². The number of hydrogen-bond donors (Lipinski definition) is 0. The highest BCUT2D eigenvalue weighted by molar-refractivity contribution is 6.30. The average molecular weight is 474 g/mol. The number of ether oxygens (including phenoxy) is 1. The summed E-state index contributed by atoms with van der Waals surface area (Å²) in [4.78, 5) is 19.7. The molecule has 1 saturated heterocycles. The number of carbonyl (C=O) groups excluding carboxylic acids is 1. The van der Waals surface area contributed by atoms with Crippen molar-refractivity contribution in [2.45, 2.75) is 39.2 Å². The lowest BCUT2D eigenvalue weighted by atomic mass is 10.1. The number of anilines is 1. The molecule has 1 atom stereocenters. The van der Waals surface area contributed by atoms with Gasteiger partial charge in [-0.1, -0.05) is 48.0 Å². The fraction of sp³-hybridized carbons (Fsp3) is 0.286. The predicted molar refractivity (Wildman–Crippen MR) is 137 cm³/mol. The monoisotopic (exact) mass is 473 g/mol. The zero-order chi connectivity index (χ0) is 23.7. The number of imidazole rings is 1. The van der Waals surface area contributed by atoms with E-state index in [1.807, 2.05) is 47.4 Å². The molecule has 0 N–H and O–H groups in total. The van der Waals surface area contributed by atoms with E-state index in [1.165, 1.54) is 0 Å². The molecule has 1 amide bonds. The minimum absolute atomic E-state index is 0.0263. The van der Waals surface area contributed by atoms with Crippen LogP contribution in [0.1, 0.15) is 35.7 Å². The molecule has 1 unspecified atom stereocenters. The highest BCUT2D eigenvalue weighted by Gasteiger charge is 2.34. The van der Waals surface area contributed by atoms with E-state index in [-0.39, 0.29) is 11.8 Å². The quantitative estimate of drug-likeness (QED) is 0.296. The Morgan fingerprint density at radius 1 is 1.03 bits per heavy atom. The second kappa shape index (κ2) is 9.51. The van der Waals surface area contributed by atoms with Crippen LogP contribution in [0.15, 0.2) is 66.7 Å². The molecular weight excluding hydrogens is 446 g/mol. The molecule has 2 heterocycles. The van der Waals surface area contributed by atoms with Crippen LogP contribution < -0.4 is 9.64 Å². The van der Waals surface area contributed by atoms with Crippen LogP contribution in [-0.4, -0.2) is 28.6 Å². The van der Waals surface area contributed by atoms with Crippen LogP contribution in [0.4, 0.5) is 5.69 Å². The predicted octanol–water partition coefficient (Wildman–Crippen LogP) is 6.30. The van der Waals surface area contributed by atoms with Gasteiger partial charge in [-0.25, -0.2) is 4.98 Å². The second-order valence-electron chi connectivity index (χ2n) is 8.92. The van der Waals surface area contributed by atoms with E-state index < -0.39 is 0 Å². The van der Waals surface area contributed by atoms with Crippen LogP contribution in [-0.2, 0) is 11.3 Å². The average Bonchev–Trinajstić information content (AvgIpc) is 3.39. The molecule has 0 saturated carbocycles. The first kappa shape index (κ1) is 22.5. The highest BCUT2D eigenvalue weighted by Crippen LogP contribution is 2.34.